The molecule has 2 aliphatic rings. The van der Waals surface area contributed by atoms with Gasteiger partial charge in [-0.3, -0.25) is 9.69 Å². The number of thioether (sulfide) groups is 1. The summed E-state index contributed by atoms with van der Waals surface area (Å²) in [6.07, 6.45) is 3.88. The largest absolute Gasteiger partial charge is 0.485 e. The van der Waals surface area contributed by atoms with Crippen LogP contribution in [0.25, 0.3) is 6.08 Å². The Labute approximate surface area is 162 Å². The Morgan fingerprint density at radius 2 is 1.88 bits per heavy atom. The maximum atomic E-state index is 12.8. The zero-order valence-electron chi connectivity index (χ0n) is 14.2. The molecule has 0 radical (unpaired) electrons. The number of benzene rings is 2. The number of carbonyl (C=O) groups is 1. The molecule has 4 rings (SSSR count). The number of amides is 1. The average molecular weight is 380 g/mol. The Bertz CT molecular complexity index is 934. The van der Waals surface area contributed by atoms with Gasteiger partial charge in [-0.25, -0.2) is 0 Å². The van der Waals surface area contributed by atoms with Crippen molar-refractivity contribution in [2.24, 2.45) is 0 Å². The summed E-state index contributed by atoms with van der Waals surface area (Å²) in [4.78, 5) is 15.1. The van der Waals surface area contributed by atoms with Crippen molar-refractivity contribution in [2.75, 3.05) is 0 Å². The van der Waals surface area contributed by atoms with E-state index in [1.807, 2.05) is 67.6 Å². The highest BCUT2D eigenvalue weighted by Gasteiger charge is 2.32. The lowest BCUT2D eigenvalue weighted by Gasteiger charge is -2.23. The molecule has 1 saturated heterocycles. The minimum Gasteiger partial charge on any atom is -0.485 e. The predicted octanol–water partition coefficient (Wildman–Crippen LogP) is 4.80. The second kappa shape index (κ2) is 7.09. The van der Waals surface area contributed by atoms with E-state index in [0.717, 1.165) is 22.4 Å². The second-order valence-corrected chi connectivity index (χ2v) is 7.87. The van der Waals surface area contributed by atoms with E-state index in [4.69, 9.17) is 17.0 Å². The number of fused-ring (bicyclic) bond motifs is 1. The van der Waals surface area contributed by atoms with E-state index in [1.165, 1.54) is 11.8 Å². The van der Waals surface area contributed by atoms with Gasteiger partial charge >= 0.3 is 0 Å². The lowest BCUT2D eigenvalue weighted by Crippen LogP contribution is -2.27. The molecule has 1 amide bonds. The predicted molar refractivity (Wildman–Crippen MR) is 110 cm³/mol. The van der Waals surface area contributed by atoms with Crippen LogP contribution in [0.5, 0.6) is 5.75 Å². The third-order valence-electron chi connectivity index (χ3n) is 4.37. The highest BCUT2D eigenvalue weighted by molar-refractivity contribution is 8.26. The number of para-hydroxylation sites is 1. The van der Waals surface area contributed by atoms with E-state index in [-0.39, 0.29) is 12.0 Å². The quantitative estimate of drug-likeness (QED) is 0.566. The number of carbonyl (C=O) groups excluding carboxylic acids is 1. The first-order valence-corrected chi connectivity index (χ1v) is 9.61. The summed E-state index contributed by atoms with van der Waals surface area (Å²) in [5, 5.41) is 0. The fourth-order valence-corrected chi connectivity index (χ4v) is 4.23. The standard InChI is InChI=1S/C21H17NO2S2/c1-14-17(11-16-9-5-6-10-18(16)24-14)12-19-20(23)22(21(25)26-19)13-15-7-3-2-4-8-15/h2-12,14H,13H2,1H3/b19-12-/t14-/m0/s1. The minimum atomic E-state index is -0.109. The molecular formula is C21H17NO2S2. The third kappa shape index (κ3) is 3.32. The summed E-state index contributed by atoms with van der Waals surface area (Å²) in [7, 11) is 0. The van der Waals surface area contributed by atoms with Crippen LogP contribution < -0.4 is 4.74 Å². The van der Waals surface area contributed by atoms with E-state index in [1.54, 1.807) is 4.90 Å². The molecule has 130 valence electrons. The molecule has 3 nitrogen and oxygen atoms in total. The van der Waals surface area contributed by atoms with Crippen molar-refractivity contribution >= 4 is 40.3 Å². The molecule has 0 bridgehead atoms. The van der Waals surface area contributed by atoms with Gasteiger partial charge < -0.3 is 4.74 Å². The van der Waals surface area contributed by atoms with Gasteiger partial charge in [0.2, 0.25) is 0 Å². The molecule has 0 N–H and O–H groups in total. The monoisotopic (exact) mass is 379 g/mol. The van der Waals surface area contributed by atoms with Crippen LogP contribution in [0.2, 0.25) is 0 Å². The summed E-state index contributed by atoms with van der Waals surface area (Å²) in [6.45, 7) is 2.49. The van der Waals surface area contributed by atoms with Gasteiger partial charge in [-0.2, -0.15) is 0 Å². The van der Waals surface area contributed by atoms with Crippen molar-refractivity contribution in [1.29, 1.82) is 0 Å². The first-order chi connectivity index (χ1) is 12.6. The van der Waals surface area contributed by atoms with E-state index < -0.39 is 0 Å². The van der Waals surface area contributed by atoms with Crippen LogP contribution >= 0.6 is 24.0 Å². The van der Waals surface area contributed by atoms with Gasteiger partial charge in [-0.15, -0.1) is 0 Å². The van der Waals surface area contributed by atoms with Crippen LogP contribution in [0, 0.1) is 0 Å². The Morgan fingerprint density at radius 3 is 2.69 bits per heavy atom. The van der Waals surface area contributed by atoms with Gasteiger partial charge in [0.15, 0.2) is 0 Å². The maximum absolute atomic E-state index is 12.8. The number of ether oxygens (including phenoxy) is 1. The van der Waals surface area contributed by atoms with Crippen molar-refractivity contribution < 1.29 is 9.53 Å². The van der Waals surface area contributed by atoms with Gasteiger partial charge in [-0.1, -0.05) is 72.5 Å². The van der Waals surface area contributed by atoms with Gasteiger partial charge in [0, 0.05) is 5.56 Å². The summed E-state index contributed by atoms with van der Waals surface area (Å²) in [5.74, 6) is 0.824. The van der Waals surface area contributed by atoms with Gasteiger partial charge in [-0.05, 0) is 36.3 Å². The Kier molecular flexibility index (Phi) is 4.66. The number of hydrogen-bond donors (Lipinski definition) is 0. The van der Waals surface area contributed by atoms with Gasteiger partial charge in [0.25, 0.3) is 5.91 Å². The lowest BCUT2D eigenvalue weighted by atomic mass is 10.0. The van der Waals surface area contributed by atoms with Crippen LogP contribution in [0.4, 0.5) is 0 Å². The van der Waals surface area contributed by atoms with Crippen LogP contribution in [0.3, 0.4) is 0 Å². The molecule has 0 spiro atoms. The van der Waals surface area contributed by atoms with Gasteiger partial charge in [0.1, 0.15) is 16.2 Å². The van der Waals surface area contributed by atoms with Crippen molar-refractivity contribution in [2.45, 2.75) is 19.6 Å². The topological polar surface area (TPSA) is 29.5 Å². The molecule has 26 heavy (non-hydrogen) atoms. The second-order valence-electron chi connectivity index (χ2n) is 6.20. The molecule has 0 aromatic heterocycles. The Morgan fingerprint density at radius 1 is 1.15 bits per heavy atom. The zero-order chi connectivity index (χ0) is 18.1. The fraction of sp³-hybridized carbons (Fsp3) is 0.143. The number of rotatable bonds is 3. The van der Waals surface area contributed by atoms with E-state index in [0.29, 0.717) is 15.8 Å². The van der Waals surface area contributed by atoms with Crippen LogP contribution in [0.1, 0.15) is 18.1 Å². The summed E-state index contributed by atoms with van der Waals surface area (Å²) >= 11 is 6.78. The first-order valence-electron chi connectivity index (χ1n) is 8.38. The molecule has 2 aromatic carbocycles. The maximum Gasteiger partial charge on any atom is 0.266 e. The molecule has 2 aromatic rings. The average Bonchev–Trinajstić information content (AvgIpc) is 2.91. The molecular weight excluding hydrogens is 362 g/mol. The molecule has 2 aliphatic heterocycles. The molecule has 5 heteroatoms. The van der Waals surface area contributed by atoms with Crippen molar-refractivity contribution in [3.05, 3.63) is 82.3 Å². The number of hydrogen-bond acceptors (Lipinski definition) is 4. The zero-order valence-corrected chi connectivity index (χ0v) is 15.8. The van der Waals surface area contributed by atoms with E-state index in [9.17, 15) is 4.79 Å². The van der Waals surface area contributed by atoms with E-state index >= 15 is 0 Å². The smallest absolute Gasteiger partial charge is 0.266 e. The van der Waals surface area contributed by atoms with Crippen molar-refractivity contribution in [3.63, 3.8) is 0 Å². The molecule has 1 fully saturated rings. The minimum absolute atomic E-state index is 0.0455. The normalized spacial score (nSPS) is 20.8. The highest BCUT2D eigenvalue weighted by Crippen LogP contribution is 2.36. The molecule has 1 atom stereocenters. The molecule has 0 aliphatic carbocycles. The van der Waals surface area contributed by atoms with Gasteiger partial charge in [0.05, 0.1) is 11.4 Å². The third-order valence-corrected chi connectivity index (χ3v) is 5.75. The highest BCUT2D eigenvalue weighted by atomic mass is 32.2. The first kappa shape index (κ1) is 17.1. The molecule has 0 saturated carbocycles. The molecule has 0 unspecified atom stereocenters. The van der Waals surface area contributed by atoms with Crippen LogP contribution in [0.15, 0.2) is 71.2 Å². The summed E-state index contributed by atoms with van der Waals surface area (Å²) < 4.78 is 6.55. The number of thiocarbonyl (C=S) groups is 1. The fourth-order valence-electron chi connectivity index (χ4n) is 2.98. The summed E-state index contributed by atoms with van der Waals surface area (Å²) in [5.41, 5.74) is 3.06. The van der Waals surface area contributed by atoms with Crippen LogP contribution in [-0.4, -0.2) is 21.2 Å². The SMILES string of the molecule is C[C@@H]1Oc2ccccc2C=C1/C=C1\SC(=S)N(Cc2ccccc2)C1=O. The Balaban J connectivity index is 1.59. The number of nitrogens with zero attached hydrogens (tertiary/aromatic N) is 1. The Hall–Kier alpha value is -2.37. The van der Waals surface area contributed by atoms with E-state index in [2.05, 4.69) is 6.08 Å². The van der Waals surface area contributed by atoms with Crippen LogP contribution in [-0.2, 0) is 11.3 Å². The van der Waals surface area contributed by atoms with Crippen molar-refractivity contribution in [3.8, 4) is 5.75 Å². The lowest BCUT2D eigenvalue weighted by molar-refractivity contribution is -0.122. The molecule has 2 heterocycles. The summed E-state index contributed by atoms with van der Waals surface area (Å²) in [6, 6.07) is 17.8. The van der Waals surface area contributed by atoms with Crippen molar-refractivity contribution in [1.82, 2.24) is 4.90 Å².